The Labute approximate surface area is 87.6 Å². The Morgan fingerprint density at radius 2 is 2.07 bits per heavy atom. The molecular formula is C12H22N2. The molecule has 2 nitrogen and oxygen atoms in total. The van der Waals surface area contributed by atoms with Gasteiger partial charge in [0.05, 0.1) is 6.04 Å². The Kier molecular flexibility index (Phi) is 2.94. The molecular weight excluding hydrogens is 172 g/mol. The molecule has 0 heterocycles. The SMILES string of the molecule is C#CC(NN)[C@@]1(C)CC[C@@H](C)C1(C)C. The predicted molar refractivity (Wildman–Crippen MR) is 60.2 cm³/mol. The van der Waals surface area contributed by atoms with Gasteiger partial charge in [-0.2, -0.15) is 0 Å². The van der Waals surface area contributed by atoms with E-state index in [-0.39, 0.29) is 16.9 Å². The molecule has 1 rings (SSSR count). The summed E-state index contributed by atoms with van der Waals surface area (Å²) in [6.45, 7) is 9.15. The second-order valence-corrected chi connectivity index (χ2v) is 5.35. The van der Waals surface area contributed by atoms with Crippen molar-refractivity contribution in [2.24, 2.45) is 22.6 Å². The average Bonchev–Trinajstić information content (AvgIpc) is 2.33. The van der Waals surface area contributed by atoms with Crippen molar-refractivity contribution in [1.82, 2.24) is 5.43 Å². The van der Waals surface area contributed by atoms with Gasteiger partial charge in [-0.1, -0.05) is 33.6 Å². The fourth-order valence-corrected chi connectivity index (χ4v) is 2.69. The van der Waals surface area contributed by atoms with Crippen LogP contribution in [0.5, 0.6) is 0 Å². The second kappa shape index (κ2) is 3.56. The molecule has 1 unspecified atom stereocenters. The van der Waals surface area contributed by atoms with Gasteiger partial charge in [0.2, 0.25) is 0 Å². The summed E-state index contributed by atoms with van der Waals surface area (Å²) in [5.41, 5.74) is 3.13. The van der Waals surface area contributed by atoms with Crippen LogP contribution in [0.1, 0.15) is 40.5 Å². The maximum absolute atomic E-state index is 5.52. The smallest absolute Gasteiger partial charge is 0.0873 e. The molecule has 3 atom stereocenters. The van der Waals surface area contributed by atoms with Gasteiger partial charge in [-0.3, -0.25) is 5.84 Å². The molecule has 0 aromatic rings. The highest BCUT2D eigenvalue weighted by molar-refractivity contribution is 5.14. The minimum atomic E-state index is -0.0255. The molecule has 14 heavy (non-hydrogen) atoms. The first-order chi connectivity index (χ1) is 6.40. The first kappa shape index (κ1) is 11.6. The van der Waals surface area contributed by atoms with Crippen LogP contribution in [0.25, 0.3) is 0 Å². The van der Waals surface area contributed by atoms with Crippen molar-refractivity contribution in [1.29, 1.82) is 0 Å². The van der Waals surface area contributed by atoms with Crippen LogP contribution >= 0.6 is 0 Å². The normalized spacial score (nSPS) is 37.9. The van der Waals surface area contributed by atoms with Gasteiger partial charge in [0.25, 0.3) is 0 Å². The topological polar surface area (TPSA) is 38.0 Å². The summed E-state index contributed by atoms with van der Waals surface area (Å²) in [6, 6.07) is -0.0255. The van der Waals surface area contributed by atoms with Gasteiger partial charge in [0.15, 0.2) is 0 Å². The van der Waals surface area contributed by atoms with Crippen molar-refractivity contribution in [3.63, 3.8) is 0 Å². The lowest BCUT2D eigenvalue weighted by Crippen LogP contribution is -2.51. The third-order valence-electron chi connectivity index (χ3n) is 4.77. The number of hydrazine groups is 1. The van der Waals surface area contributed by atoms with Crippen LogP contribution in [0.4, 0.5) is 0 Å². The Morgan fingerprint density at radius 3 is 2.36 bits per heavy atom. The molecule has 1 aliphatic carbocycles. The minimum Gasteiger partial charge on any atom is -0.270 e. The maximum atomic E-state index is 5.52. The van der Waals surface area contributed by atoms with Gasteiger partial charge in [-0.15, -0.1) is 6.42 Å². The van der Waals surface area contributed by atoms with E-state index in [1.165, 1.54) is 6.42 Å². The third-order valence-corrected chi connectivity index (χ3v) is 4.77. The van der Waals surface area contributed by atoms with Crippen LogP contribution in [0.3, 0.4) is 0 Å². The summed E-state index contributed by atoms with van der Waals surface area (Å²) >= 11 is 0. The Hall–Kier alpha value is -0.520. The summed E-state index contributed by atoms with van der Waals surface area (Å²) < 4.78 is 0. The Morgan fingerprint density at radius 1 is 1.50 bits per heavy atom. The van der Waals surface area contributed by atoms with E-state index in [0.29, 0.717) is 5.92 Å². The van der Waals surface area contributed by atoms with Gasteiger partial charge in [-0.25, -0.2) is 5.43 Å². The van der Waals surface area contributed by atoms with Crippen molar-refractivity contribution in [3.05, 3.63) is 0 Å². The van der Waals surface area contributed by atoms with Crippen molar-refractivity contribution in [3.8, 4) is 12.3 Å². The van der Waals surface area contributed by atoms with E-state index in [1.54, 1.807) is 0 Å². The molecule has 0 saturated heterocycles. The lowest BCUT2D eigenvalue weighted by Gasteiger charge is -2.44. The molecule has 0 spiro atoms. The first-order valence-electron chi connectivity index (χ1n) is 5.32. The van der Waals surface area contributed by atoms with Crippen molar-refractivity contribution in [2.75, 3.05) is 0 Å². The van der Waals surface area contributed by atoms with E-state index in [1.807, 2.05) is 0 Å². The second-order valence-electron chi connectivity index (χ2n) is 5.35. The molecule has 1 fully saturated rings. The standard InChI is InChI=1S/C12H22N2/c1-6-10(14-13)12(5)8-7-9(2)11(12,3)4/h1,9-10,14H,7-8,13H2,2-5H3/t9-,10?,12-/m1/s1. The molecule has 0 aliphatic heterocycles. The fraction of sp³-hybridized carbons (Fsp3) is 0.833. The highest BCUT2D eigenvalue weighted by atomic mass is 15.2. The molecule has 3 N–H and O–H groups in total. The van der Waals surface area contributed by atoms with Gasteiger partial charge >= 0.3 is 0 Å². The number of rotatable bonds is 2. The van der Waals surface area contributed by atoms with E-state index in [9.17, 15) is 0 Å². The highest BCUT2D eigenvalue weighted by Crippen LogP contribution is 2.57. The molecule has 1 saturated carbocycles. The largest absolute Gasteiger partial charge is 0.270 e. The summed E-state index contributed by atoms with van der Waals surface area (Å²) in [4.78, 5) is 0. The zero-order chi connectivity index (χ0) is 11.0. The molecule has 0 aromatic carbocycles. The number of hydrogen-bond acceptors (Lipinski definition) is 2. The van der Waals surface area contributed by atoms with E-state index in [4.69, 9.17) is 12.3 Å². The molecule has 80 valence electrons. The monoisotopic (exact) mass is 194 g/mol. The number of nitrogens with one attached hydrogen (secondary N) is 1. The fourth-order valence-electron chi connectivity index (χ4n) is 2.69. The zero-order valence-electron chi connectivity index (χ0n) is 9.72. The lowest BCUT2D eigenvalue weighted by molar-refractivity contribution is 0.0722. The Balaban J connectivity index is 3.01. The van der Waals surface area contributed by atoms with Crippen LogP contribution in [0.2, 0.25) is 0 Å². The summed E-state index contributed by atoms with van der Waals surface area (Å²) in [5, 5.41) is 0. The van der Waals surface area contributed by atoms with E-state index < -0.39 is 0 Å². The lowest BCUT2D eigenvalue weighted by atomic mass is 9.62. The Bertz CT molecular complexity index is 252. The van der Waals surface area contributed by atoms with E-state index in [0.717, 1.165) is 6.42 Å². The van der Waals surface area contributed by atoms with Gasteiger partial charge in [-0.05, 0) is 24.2 Å². The van der Waals surface area contributed by atoms with Crippen LogP contribution in [0, 0.1) is 29.1 Å². The zero-order valence-corrected chi connectivity index (χ0v) is 9.72. The van der Waals surface area contributed by atoms with Gasteiger partial charge in [0, 0.05) is 5.41 Å². The first-order valence-corrected chi connectivity index (χ1v) is 5.32. The predicted octanol–water partition coefficient (Wildman–Crippen LogP) is 1.91. The van der Waals surface area contributed by atoms with Crippen LogP contribution in [-0.2, 0) is 0 Å². The van der Waals surface area contributed by atoms with Crippen molar-refractivity contribution < 1.29 is 0 Å². The molecule has 1 aliphatic rings. The minimum absolute atomic E-state index is 0.0255. The van der Waals surface area contributed by atoms with Crippen molar-refractivity contribution >= 4 is 0 Å². The highest BCUT2D eigenvalue weighted by Gasteiger charge is 2.53. The van der Waals surface area contributed by atoms with Crippen molar-refractivity contribution in [2.45, 2.75) is 46.6 Å². The van der Waals surface area contributed by atoms with Gasteiger partial charge < -0.3 is 0 Å². The maximum Gasteiger partial charge on any atom is 0.0873 e. The molecule has 0 bridgehead atoms. The summed E-state index contributed by atoms with van der Waals surface area (Å²) in [6.07, 6.45) is 7.91. The summed E-state index contributed by atoms with van der Waals surface area (Å²) in [5.74, 6) is 9.00. The molecule has 0 aromatic heterocycles. The quantitative estimate of drug-likeness (QED) is 0.400. The summed E-state index contributed by atoms with van der Waals surface area (Å²) in [7, 11) is 0. The third kappa shape index (κ3) is 1.36. The van der Waals surface area contributed by atoms with Crippen LogP contribution < -0.4 is 11.3 Å². The number of terminal acetylenes is 1. The molecule has 0 amide bonds. The number of nitrogens with two attached hydrogens (primary N) is 1. The molecule has 2 heteroatoms. The van der Waals surface area contributed by atoms with E-state index >= 15 is 0 Å². The van der Waals surface area contributed by atoms with Crippen LogP contribution in [0.15, 0.2) is 0 Å². The average molecular weight is 194 g/mol. The number of hydrogen-bond donors (Lipinski definition) is 2. The van der Waals surface area contributed by atoms with Gasteiger partial charge in [0.1, 0.15) is 0 Å². The molecule has 0 radical (unpaired) electrons. The van der Waals surface area contributed by atoms with Crippen LogP contribution in [-0.4, -0.2) is 6.04 Å². The van der Waals surface area contributed by atoms with E-state index in [2.05, 4.69) is 39.0 Å².